The van der Waals surface area contributed by atoms with E-state index < -0.39 is 54.5 Å². The summed E-state index contributed by atoms with van der Waals surface area (Å²) in [4.78, 5) is 50.5. The van der Waals surface area contributed by atoms with E-state index in [1.807, 2.05) is 6.92 Å². The lowest BCUT2D eigenvalue weighted by Crippen LogP contribution is -2.59. The summed E-state index contributed by atoms with van der Waals surface area (Å²) in [7, 11) is 0. The molecule has 0 saturated heterocycles. The predicted octanol–water partition coefficient (Wildman–Crippen LogP) is -0.212. The van der Waals surface area contributed by atoms with Crippen molar-refractivity contribution in [1.29, 1.82) is 0 Å². The quantitative estimate of drug-likeness (QED) is 0.158. The Morgan fingerprint density at radius 3 is 1.72 bits per heavy atom. The summed E-state index contributed by atoms with van der Waals surface area (Å²) >= 11 is 0. The van der Waals surface area contributed by atoms with Crippen LogP contribution in [0.5, 0.6) is 11.5 Å². The highest BCUT2D eigenvalue weighted by atomic mass is 16.4. The van der Waals surface area contributed by atoms with Gasteiger partial charge in [0, 0.05) is 6.42 Å². The summed E-state index contributed by atoms with van der Waals surface area (Å²) in [5, 5.41) is 45.0. The molecule has 2 rings (SSSR count). The average molecular weight is 545 g/mol. The lowest BCUT2D eigenvalue weighted by Gasteiger charge is -2.28. The summed E-state index contributed by atoms with van der Waals surface area (Å²) in [6, 6.07) is 7.19. The third kappa shape index (κ3) is 9.58. The van der Waals surface area contributed by atoms with E-state index in [0.29, 0.717) is 17.5 Å². The molecule has 12 nitrogen and oxygen atoms in total. The number of phenolic OH excluding ortho intramolecular Hbond substituents is 2. The van der Waals surface area contributed by atoms with E-state index in [9.17, 15) is 39.6 Å². The minimum Gasteiger partial charge on any atom is -0.508 e. The molecule has 0 aliphatic carbocycles. The number of aliphatic hydroxyl groups is 1. The lowest BCUT2D eigenvalue weighted by molar-refractivity contribution is -0.143. The van der Waals surface area contributed by atoms with Gasteiger partial charge in [-0.25, -0.2) is 4.79 Å². The molecule has 3 amide bonds. The zero-order valence-electron chi connectivity index (χ0n) is 21.8. The van der Waals surface area contributed by atoms with Crippen molar-refractivity contribution in [3.05, 3.63) is 59.7 Å². The second kappa shape index (κ2) is 14.7. The Morgan fingerprint density at radius 2 is 1.26 bits per heavy atom. The van der Waals surface area contributed by atoms with Crippen LogP contribution in [0.1, 0.15) is 31.4 Å². The highest BCUT2D eigenvalue weighted by molar-refractivity contribution is 5.94. The first-order valence-electron chi connectivity index (χ1n) is 12.5. The van der Waals surface area contributed by atoms with Crippen molar-refractivity contribution in [2.75, 3.05) is 6.61 Å². The number of aliphatic hydroxyl groups excluding tert-OH is 1. The van der Waals surface area contributed by atoms with Crippen LogP contribution in [-0.2, 0) is 32.0 Å². The van der Waals surface area contributed by atoms with Crippen LogP contribution in [0.4, 0.5) is 0 Å². The molecule has 0 saturated carbocycles. The van der Waals surface area contributed by atoms with E-state index in [4.69, 9.17) is 5.73 Å². The topological polar surface area (TPSA) is 211 Å². The van der Waals surface area contributed by atoms with E-state index in [2.05, 4.69) is 16.0 Å². The highest BCUT2D eigenvalue weighted by Gasteiger charge is 2.32. The van der Waals surface area contributed by atoms with Crippen LogP contribution in [0.3, 0.4) is 0 Å². The lowest BCUT2D eigenvalue weighted by atomic mass is 9.96. The predicted molar refractivity (Wildman–Crippen MR) is 142 cm³/mol. The number of nitrogens with one attached hydrogen (secondary N) is 3. The summed E-state index contributed by atoms with van der Waals surface area (Å²) in [5.74, 6) is -3.85. The number of carbonyl (C=O) groups excluding carboxylic acids is 3. The first-order chi connectivity index (χ1) is 18.4. The van der Waals surface area contributed by atoms with Crippen molar-refractivity contribution in [2.45, 2.75) is 57.3 Å². The van der Waals surface area contributed by atoms with Gasteiger partial charge in [-0.1, -0.05) is 44.5 Å². The standard InChI is InChI=1S/C27H36N4O8/c1-3-15(2)23(31-24(35)20(28)12-16-4-8-18(33)9-5-16)26(37)29-21(13-17-6-10-19(34)11-7-17)25(36)30-22(14-32)27(38)39/h4-11,15,20-23,32-34H,3,12-14,28H2,1-2H3,(H,29,37)(H,30,36)(H,31,35)(H,38,39). The fourth-order valence-corrected chi connectivity index (χ4v) is 3.74. The van der Waals surface area contributed by atoms with Gasteiger partial charge in [-0.3, -0.25) is 14.4 Å². The Balaban J connectivity index is 2.21. The number of hydrogen-bond acceptors (Lipinski definition) is 8. The van der Waals surface area contributed by atoms with E-state index in [1.165, 1.54) is 24.3 Å². The number of carbonyl (C=O) groups is 4. The summed E-state index contributed by atoms with van der Waals surface area (Å²) < 4.78 is 0. The van der Waals surface area contributed by atoms with Crippen molar-refractivity contribution in [1.82, 2.24) is 16.0 Å². The molecule has 0 bridgehead atoms. The number of carboxylic acid groups (broad SMARTS) is 1. The number of amides is 3. The van der Waals surface area contributed by atoms with Crippen molar-refractivity contribution in [3.63, 3.8) is 0 Å². The summed E-state index contributed by atoms with van der Waals surface area (Å²) in [6.07, 6.45) is 0.605. The van der Waals surface area contributed by atoms with Crippen molar-refractivity contribution >= 4 is 23.7 Å². The van der Waals surface area contributed by atoms with Gasteiger partial charge in [0.05, 0.1) is 12.6 Å². The molecular weight excluding hydrogens is 508 g/mol. The van der Waals surface area contributed by atoms with Gasteiger partial charge in [0.1, 0.15) is 29.6 Å². The second-order valence-corrected chi connectivity index (χ2v) is 9.36. The maximum Gasteiger partial charge on any atom is 0.328 e. The second-order valence-electron chi connectivity index (χ2n) is 9.36. The number of phenols is 2. The van der Waals surface area contributed by atoms with Crippen LogP contribution in [0, 0.1) is 5.92 Å². The van der Waals surface area contributed by atoms with Crippen molar-refractivity contribution < 1.29 is 39.6 Å². The molecule has 212 valence electrons. The number of hydrogen-bond donors (Lipinski definition) is 8. The van der Waals surface area contributed by atoms with Gasteiger partial charge in [-0.15, -0.1) is 0 Å². The van der Waals surface area contributed by atoms with E-state index >= 15 is 0 Å². The largest absolute Gasteiger partial charge is 0.508 e. The van der Waals surface area contributed by atoms with Gasteiger partial charge in [0.15, 0.2) is 0 Å². The van der Waals surface area contributed by atoms with Crippen LogP contribution in [-0.4, -0.2) is 74.9 Å². The third-order valence-corrected chi connectivity index (χ3v) is 6.33. The third-order valence-electron chi connectivity index (χ3n) is 6.33. The molecule has 12 heteroatoms. The molecule has 9 N–H and O–H groups in total. The molecule has 0 heterocycles. The zero-order chi connectivity index (χ0) is 29.1. The van der Waals surface area contributed by atoms with Crippen LogP contribution in [0.25, 0.3) is 0 Å². The molecule has 39 heavy (non-hydrogen) atoms. The molecule has 0 aliphatic heterocycles. The number of benzene rings is 2. The minimum atomic E-state index is -1.58. The molecule has 0 aliphatic rings. The summed E-state index contributed by atoms with van der Waals surface area (Å²) in [5.41, 5.74) is 7.34. The Morgan fingerprint density at radius 1 is 0.769 bits per heavy atom. The normalized spacial score (nSPS) is 14.8. The van der Waals surface area contributed by atoms with E-state index in [1.54, 1.807) is 31.2 Å². The molecule has 5 atom stereocenters. The van der Waals surface area contributed by atoms with Gasteiger partial charge in [-0.2, -0.15) is 0 Å². The molecule has 0 radical (unpaired) electrons. The summed E-state index contributed by atoms with van der Waals surface area (Å²) in [6.45, 7) is 2.72. The average Bonchev–Trinajstić information content (AvgIpc) is 2.91. The minimum absolute atomic E-state index is 0.00167. The molecule has 0 spiro atoms. The Bertz CT molecular complexity index is 1120. The molecular formula is C27H36N4O8. The Labute approximate surface area is 226 Å². The van der Waals surface area contributed by atoms with Gasteiger partial charge in [-0.05, 0) is 47.7 Å². The smallest absolute Gasteiger partial charge is 0.328 e. The first-order valence-corrected chi connectivity index (χ1v) is 12.5. The monoisotopic (exact) mass is 544 g/mol. The highest BCUT2D eigenvalue weighted by Crippen LogP contribution is 2.14. The SMILES string of the molecule is CCC(C)C(NC(=O)C(N)Cc1ccc(O)cc1)C(=O)NC(Cc1ccc(O)cc1)C(=O)NC(CO)C(=O)O. The van der Waals surface area contributed by atoms with Crippen molar-refractivity contribution in [2.24, 2.45) is 11.7 Å². The molecule has 5 unspecified atom stereocenters. The number of rotatable bonds is 14. The van der Waals surface area contributed by atoms with E-state index in [0.717, 1.165) is 0 Å². The van der Waals surface area contributed by atoms with Crippen LogP contribution in [0.15, 0.2) is 48.5 Å². The molecule has 2 aromatic carbocycles. The van der Waals surface area contributed by atoms with Gasteiger partial charge >= 0.3 is 5.97 Å². The number of aliphatic carboxylic acids is 1. The molecule has 2 aromatic rings. The number of carboxylic acids is 1. The Hall–Kier alpha value is -4.16. The number of aromatic hydroxyl groups is 2. The fraction of sp³-hybridized carbons (Fsp3) is 0.407. The fourth-order valence-electron chi connectivity index (χ4n) is 3.74. The van der Waals surface area contributed by atoms with Crippen LogP contribution < -0.4 is 21.7 Å². The first kappa shape index (κ1) is 31.1. The maximum absolute atomic E-state index is 13.4. The van der Waals surface area contributed by atoms with Gasteiger partial charge in [0.2, 0.25) is 17.7 Å². The number of nitrogens with two attached hydrogens (primary N) is 1. The molecule has 0 aromatic heterocycles. The maximum atomic E-state index is 13.4. The van der Waals surface area contributed by atoms with E-state index in [-0.39, 0.29) is 30.3 Å². The van der Waals surface area contributed by atoms with Crippen molar-refractivity contribution in [3.8, 4) is 11.5 Å². The Kier molecular flexibility index (Phi) is 11.7. The van der Waals surface area contributed by atoms with Gasteiger partial charge in [0.25, 0.3) is 0 Å². The van der Waals surface area contributed by atoms with Crippen LogP contribution >= 0.6 is 0 Å². The van der Waals surface area contributed by atoms with Crippen LogP contribution in [0.2, 0.25) is 0 Å². The van der Waals surface area contributed by atoms with Gasteiger partial charge < -0.3 is 42.1 Å². The zero-order valence-corrected chi connectivity index (χ0v) is 21.8. The molecule has 0 fully saturated rings.